The Balaban J connectivity index is 2.32. The molecule has 0 bridgehead atoms. The Morgan fingerprint density at radius 2 is 1.96 bits per heavy atom. The van der Waals surface area contributed by atoms with Gasteiger partial charge in [0.05, 0.1) is 11.6 Å². The van der Waals surface area contributed by atoms with Gasteiger partial charge in [-0.15, -0.1) is 0 Å². The van der Waals surface area contributed by atoms with Gasteiger partial charge in [-0.2, -0.15) is 5.26 Å². The van der Waals surface area contributed by atoms with Crippen molar-refractivity contribution in [3.63, 3.8) is 0 Å². The smallest absolute Gasteiger partial charge is 0.348 e. The molecule has 0 heterocycles. The molecule has 0 aliphatic rings. The second-order valence-corrected chi connectivity index (χ2v) is 6.37. The lowest BCUT2D eigenvalue weighted by atomic mass is 9.98. The molecular formula is C20H18BrNO3. The summed E-state index contributed by atoms with van der Waals surface area (Å²) in [5.74, 6) is 0.111. The number of rotatable bonds is 5. The summed E-state index contributed by atoms with van der Waals surface area (Å²) in [6.07, 6.45) is 1.54. The first-order valence-corrected chi connectivity index (χ1v) is 8.43. The number of carbonyl (C=O) groups is 1. The zero-order valence-corrected chi connectivity index (χ0v) is 15.9. The van der Waals surface area contributed by atoms with Crippen LogP contribution in [0.25, 0.3) is 6.08 Å². The fraction of sp³-hybridized carbons (Fsp3) is 0.200. The van der Waals surface area contributed by atoms with Crippen LogP contribution in [0, 0.1) is 25.2 Å². The van der Waals surface area contributed by atoms with E-state index in [9.17, 15) is 4.79 Å². The van der Waals surface area contributed by atoms with Crippen LogP contribution in [0.15, 0.2) is 46.4 Å². The number of aryl methyl sites for hydroxylation is 2. The molecule has 25 heavy (non-hydrogen) atoms. The Labute approximate surface area is 155 Å². The average molecular weight is 400 g/mol. The second-order valence-electron chi connectivity index (χ2n) is 5.52. The van der Waals surface area contributed by atoms with E-state index in [0.29, 0.717) is 6.61 Å². The van der Waals surface area contributed by atoms with Crippen molar-refractivity contribution in [2.24, 2.45) is 0 Å². The molecule has 2 aromatic rings. The van der Waals surface area contributed by atoms with E-state index < -0.39 is 5.97 Å². The van der Waals surface area contributed by atoms with Gasteiger partial charge in [0.25, 0.3) is 0 Å². The molecule has 0 atom stereocenters. The maximum atomic E-state index is 11.6. The number of benzene rings is 2. The first-order chi connectivity index (χ1) is 12.0. The number of methoxy groups -OCH3 is 1. The van der Waals surface area contributed by atoms with Gasteiger partial charge in [0.2, 0.25) is 0 Å². The quantitative estimate of drug-likeness (QED) is 0.414. The fourth-order valence-corrected chi connectivity index (χ4v) is 2.75. The minimum absolute atomic E-state index is 0.0351. The van der Waals surface area contributed by atoms with Gasteiger partial charge >= 0.3 is 5.97 Å². The summed E-state index contributed by atoms with van der Waals surface area (Å²) in [4.78, 5) is 11.6. The highest BCUT2D eigenvalue weighted by atomic mass is 79.9. The van der Waals surface area contributed by atoms with Gasteiger partial charge < -0.3 is 9.47 Å². The molecule has 0 radical (unpaired) electrons. The van der Waals surface area contributed by atoms with Crippen molar-refractivity contribution in [3.05, 3.63) is 68.7 Å². The number of ether oxygens (including phenoxy) is 2. The molecule has 5 heteroatoms. The number of hydrogen-bond acceptors (Lipinski definition) is 4. The maximum absolute atomic E-state index is 11.6. The lowest BCUT2D eigenvalue weighted by Gasteiger charge is -2.13. The van der Waals surface area contributed by atoms with Gasteiger partial charge in [-0.25, -0.2) is 4.79 Å². The Morgan fingerprint density at radius 3 is 2.60 bits per heavy atom. The first-order valence-electron chi connectivity index (χ1n) is 7.63. The van der Waals surface area contributed by atoms with Crippen LogP contribution in [-0.2, 0) is 16.1 Å². The van der Waals surface area contributed by atoms with Crippen molar-refractivity contribution < 1.29 is 14.3 Å². The van der Waals surface area contributed by atoms with E-state index in [1.165, 1.54) is 7.11 Å². The third kappa shape index (κ3) is 4.71. The third-order valence-electron chi connectivity index (χ3n) is 3.77. The van der Waals surface area contributed by atoms with Crippen LogP contribution in [0.3, 0.4) is 0 Å². The Morgan fingerprint density at radius 1 is 1.24 bits per heavy atom. The molecule has 128 valence electrons. The average Bonchev–Trinajstić information content (AvgIpc) is 2.60. The highest BCUT2D eigenvalue weighted by Crippen LogP contribution is 2.26. The number of halogens is 1. The molecule has 2 rings (SSSR count). The molecule has 2 aromatic carbocycles. The molecule has 0 unspecified atom stereocenters. The molecule has 0 N–H and O–H groups in total. The topological polar surface area (TPSA) is 59.3 Å². The van der Waals surface area contributed by atoms with Crippen LogP contribution >= 0.6 is 15.9 Å². The maximum Gasteiger partial charge on any atom is 0.348 e. The standard InChI is InChI=1S/C20H18BrNO3/c1-13-8-14(2)17(12-25-19-7-5-4-6-18(19)21)10-15(13)9-16(11-22)20(23)24-3/h4-10H,12H2,1-3H3/b16-9+. The van der Waals surface area contributed by atoms with E-state index >= 15 is 0 Å². The number of carbonyl (C=O) groups excluding carboxylic acids is 1. The number of hydrogen-bond donors (Lipinski definition) is 0. The molecule has 0 aromatic heterocycles. The predicted octanol–water partition coefficient (Wildman–Crippen LogP) is 4.72. The zero-order chi connectivity index (χ0) is 18.4. The molecule has 4 nitrogen and oxygen atoms in total. The Kier molecular flexibility index (Phi) is 6.37. The Hall–Kier alpha value is -2.58. The highest BCUT2D eigenvalue weighted by molar-refractivity contribution is 9.10. The predicted molar refractivity (Wildman–Crippen MR) is 100.0 cm³/mol. The van der Waals surface area contributed by atoms with Crippen LogP contribution < -0.4 is 4.74 Å². The van der Waals surface area contributed by atoms with Gasteiger partial charge in [-0.1, -0.05) is 18.2 Å². The lowest BCUT2D eigenvalue weighted by molar-refractivity contribution is -0.135. The van der Waals surface area contributed by atoms with Crippen LogP contribution in [0.5, 0.6) is 5.75 Å². The van der Waals surface area contributed by atoms with Crippen molar-refractivity contribution in [1.82, 2.24) is 0 Å². The summed E-state index contributed by atoms with van der Waals surface area (Å²) in [7, 11) is 1.26. The van der Waals surface area contributed by atoms with Crippen molar-refractivity contribution in [2.75, 3.05) is 7.11 Å². The van der Waals surface area contributed by atoms with E-state index in [-0.39, 0.29) is 5.57 Å². The van der Waals surface area contributed by atoms with Crippen molar-refractivity contribution >= 4 is 28.0 Å². The molecule has 0 spiro atoms. The van der Waals surface area contributed by atoms with E-state index in [1.54, 1.807) is 6.08 Å². The molecule has 0 fully saturated rings. The number of nitrogens with zero attached hydrogens (tertiary/aromatic N) is 1. The minimum atomic E-state index is -0.645. The van der Waals surface area contributed by atoms with E-state index in [4.69, 9.17) is 10.00 Å². The van der Waals surface area contributed by atoms with E-state index in [2.05, 4.69) is 20.7 Å². The van der Waals surface area contributed by atoms with Crippen LogP contribution in [0.4, 0.5) is 0 Å². The van der Waals surface area contributed by atoms with Crippen molar-refractivity contribution in [2.45, 2.75) is 20.5 Å². The minimum Gasteiger partial charge on any atom is -0.488 e. The molecule has 0 aliphatic carbocycles. The molecular weight excluding hydrogens is 382 g/mol. The summed E-state index contributed by atoms with van der Waals surface area (Å²) in [6.45, 7) is 4.32. The van der Waals surface area contributed by atoms with Crippen LogP contribution in [-0.4, -0.2) is 13.1 Å². The normalized spacial score (nSPS) is 10.9. The van der Waals surface area contributed by atoms with E-state index in [1.807, 2.05) is 56.3 Å². The summed E-state index contributed by atoms with van der Waals surface area (Å²) < 4.78 is 11.4. The highest BCUT2D eigenvalue weighted by Gasteiger charge is 2.11. The number of esters is 1. The molecule has 0 saturated heterocycles. The molecule has 0 aliphatic heterocycles. The monoisotopic (exact) mass is 399 g/mol. The largest absolute Gasteiger partial charge is 0.488 e. The van der Waals surface area contributed by atoms with Gasteiger partial charge in [-0.3, -0.25) is 0 Å². The van der Waals surface area contributed by atoms with E-state index in [0.717, 1.165) is 32.5 Å². The number of para-hydroxylation sites is 1. The lowest BCUT2D eigenvalue weighted by Crippen LogP contribution is -2.04. The molecule has 0 saturated carbocycles. The SMILES string of the molecule is COC(=O)/C(C#N)=C/c1cc(COc2ccccc2Br)c(C)cc1C. The summed E-state index contributed by atoms with van der Waals surface area (Å²) in [5, 5.41) is 9.14. The third-order valence-corrected chi connectivity index (χ3v) is 4.43. The summed E-state index contributed by atoms with van der Waals surface area (Å²) in [6, 6.07) is 13.5. The van der Waals surface area contributed by atoms with Crippen molar-refractivity contribution in [1.29, 1.82) is 5.26 Å². The fourth-order valence-electron chi connectivity index (χ4n) is 2.35. The number of nitriles is 1. The summed E-state index contributed by atoms with van der Waals surface area (Å²) in [5.41, 5.74) is 3.79. The molecule has 0 amide bonds. The van der Waals surface area contributed by atoms with Gasteiger partial charge in [0.1, 0.15) is 24.0 Å². The Bertz CT molecular complexity index is 866. The van der Waals surface area contributed by atoms with Gasteiger partial charge in [0, 0.05) is 0 Å². The first kappa shape index (κ1) is 18.8. The van der Waals surface area contributed by atoms with Crippen LogP contribution in [0.1, 0.15) is 22.3 Å². The van der Waals surface area contributed by atoms with Crippen molar-refractivity contribution in [3.8, 4) is 11.8 Å². The second kappa shape index (κ2) is 8.50. The zero-order valence-electron chi connectivity index (χ0n) is 14.3. The van der Waals surface area contributed by atoms with Gasteiger partial charge in [0.15, 0.2) is 0 Å². The van der Waals surface area contributed by atoms with Crippen LogP contribution in [0.2, 0.25) is 0 Å². The van der Waals surface area contributed by atoms with Gasteiger partial charge in [-0.05, 0) is 76.3 Å². The summed E-state index contributed by atoms with van der Waals surface area (Å²) >= 11 is 3.46.